The minimum atomic E-state index is 0.727. The van der Waals surface area contributed by atoms with Crippen molar-refractivity contribution in [3.8, 4) is 0 Å². The second-order valence-corrected chi connectivity index (χ2v) is 4.11. The molecule has 1 aromatic heterocycles. The molecule has 0 aliphatic rings. The first-order valence-electron chi connectivity index (χ1n) is 4.96. The van der Waals surface area contributed by atoms with E-state index in [1.807, 2.05) is 38.4 Å². The quantitative estimate of drug-likeness (QED) is 0.581. The third kappa shape index (κ3) is 1.78. The fraction of sp³-hybridized carbons (Fsp3) is 0.250. The van der Waals surface area contributed by atoms with Crippen molar-refractivity contribution in [2.45, 2.75) is 6.92 Å². The van der Waals surface area contributed by atoms with Crippen molar-refractivity contribution in [3.63, 3.8) is 0 Å². The van der Waals surface area contributed by atoms with Gasteiger partial charge in [-0.2, -0.15) is 0 Å². The maximum Gasteiger partial charge on any atom is 0.106 e. The Bertz CT molecular complexity index is 557. The van der Waals surface area contributed by atoms with Crippen LogP contribution in [0.1, 0.15) is 12.5 Å². The van der Waals surface area contributed by atoms with Crippen LogP contribution in [0.5, 0.6) is 0 Å². The molecule has 2 aromatic rings. The Labute approximate surface area is 99.3 Å². The monoisotopic (exact) mass is 236 g/mol. The Kier molecular flexibility index (Phi) is 2.88. The van der Waals surface area contributed by atoms with Crippen molar-refractivity contribution in [1.29, 1.82) is 0 Å². The van der Waals surface area contributed by atoms with Gasteiger partial charge in [-0.1, -0.05) is 16.8 Å². The molecule has 0 aliphatic heterocycles. The van der Waals surface area contributed by atoms with E-state index in [4.69, 9.17) is 16.4 Å². The van der Waals surface area contributed by atoms with Crippen LogP contribution >= 0.6 is 11.6 Å². The summed E-state index contributed by atoms with van der Waals surface area (Å²) < 4.78 is 2.05. The lowest BCUT2D eigenvalue weighted by molar-refractivity contribution is 0.213. The van der Waals surface area contributed by atoms with Crippen LogP contribution in [-0.4, -0.2) is 17.4 Å². The molecule has 0 aliphatic carbocycles. The maximum atomic E-state index is 6.00. The average molecular weight is 237 g/mol. The van der Waals surface area contributed by atoms with Gasteiger partial charge < -0.3 is 9.40 Å². The number of benzene rings is 1. The van der Waals surface area contributed by atoms with Crippen LogP contribution in [-0.2, 0) is 11.9 Å². The number of aromatic nitrogens is 1. The summed E-state index contributed by atoms with van der Waals surface area (Å²) in [5.74, 6) is 0. The molecular formula is C12H13ClN2O. The van der Waals surface area contributed by atoms with E-state index < -0.39 is 0 Å². The molecule has 0 N–H and O–H groups in total. The summed E-state index contributed by atoms with van der Waals surface area (Å²) >= 11 is 6.00. The molecule has 2 rings (SSSR count). The molecule has 0 unspecified atom stereocenters. The standard InChI is InChI=1S/C12H13ClN2O/c1-8(14-16-3)11-7-15(2)12-5-4-9(13)6-10(11)12/h4-7H,1-3H3. The second kappa shape index (κ2) is 4.18. The SMILES string of the molecule is CON=C(C)c1cn(C)c2ccc(Cl)cc12. The molecular weight excluding hydrogens is 224 g/mol. The fourth-order valence-electron chi connectivity index (χ4n) is 1.84. The topological polar surface area (TPSA) is 26.5 Å². The lowest BCUT2D eigenvalue weighted by atomic mass is 10.1. The van der Waals surface area contributed by atoms with Gasteiger partial charge in [0.05, 0.1) is 5.71 Å². The zero-order chi connectivity index (χ0) is 11.7. The van der Waals surface area contributed by atoms with E-state index in [0.717, 1.165) is 27.2 Å². The summed E-state index contributed by atoms with van der Waals surface area (Å²) in [6.07, 6.45) is 2.03. The van der Waals surface area contributed by atoms with E-state index >= 15 is 0 Å². The fourth-order valence-corrected chi connectivity index (χ4v) is 2.01. The van der Waals surface area contributed by atoms with Crippen molar-refractivity contribution in [3.05, 3.63) is 35.0 Å². The molecule has 0 spiro atoms. The third-order valence-electron chi connectivity index (χ3n) is 2.57. The summed E-state index contributed by atoms with van der Waals surface area (Å²) in [5.41, 5.74) is 3.02. The zero-order valence-corrected chi connectivity index (χ0v) is 10.2. The van der Waals surface area contributed by atoms with E-state index in [9.17, 15) is 0 Å². The molecule has 0 radical (unpaired) electrons. The van der Waals surface area contributed by atoms with Gasteiger partial charge in [0.15, 0.2) is 0 Å². The van der Waals surface area contributed by atoms with Crippen LogP contribution in [0.15, 0.2) is 29.6 Å². The van der Waals surface area contributed by atoms with Gasteiger partial charge in [0.1, 0.15) is 7.11 Å². The first kappa shape index (κ1) is 11.0. The first-order valence-corrected chi connectivity index (χ1v) is 5.34. The summed E-state index contributed by atoms with van der Waals surface area (Å²) in [5, 5.41) is 5.77. The first-order chi connectivity index (χ1) is 7.63. The van der Waals surface area contributed by atoms with Crippen LogP contribution in [0.3, 0.4) is 0 Å². The number of rotatable bonds is 2. The van der Waals surface area contributed by atoms with Gasteiger partial charge in [-0.25, -0.2) is 0 Å². The van der Waals surface area contributed by atoms with Gasteiger partial charge in [0.2, 0.25) is 0 Å². The van der Waals surface area contributed by atoms with E-state index in [2.05, 4.69) is 9.72 Å². The van der Waals surface area contributed by atoms with Gasteiger partial charge in [-0.3, -0.25) is 0 Å². The molecule has 3 nitrogen and oxygen atoms in total. The molecule has 0 amide bonds. The van der Waals surface area contributed by atoms with Crippen LogP contribution in [0.4, 0.5) is 0 Å². The van der Waals surface area contributed by atoms with E-state index in [1.54, 1.807) is 7.11 Å². The molecule has 1 heterocycles. The Hall–Kier alpha value is -1.48. The highest BCUT2D eigenvalue weighted by Gasteiger charge is 2.09. The highest BCUT2D eigenvalue weighted by atomic mass is 35.5. The predicted octanol–water partition coefficient (Wildman–Crippen LogP) is 3.20. The summed E-state index contributed by atoms with van der Waals surface area (Å²) in [6.45, 7) is 1.92. The minimum Gasteiger partial charge on any atom is -0.399 e. The normalized spacial score (nSPS) is 12.1. The van der Waals surface area contributed by atoms with Crippen molar-refractivity contribution >= 4 is 28.2 Å². The number of oxime groups is 1. The summed E-state index contributed by atoms with van der Waals surface area (Å²) in [6, 6.07) is 5.83. The number of aryl methyl sites for hydroxylation is 1. The second-order valence-electron chi connectivity index (χ2n) is 3.67. The smallest absolute Gasteiger partial charge is 0.106 e. The van der Waals surface area contributed by atoms with E-state index in [0.29, 0.717) is 0 Å². The van der Waals surface area contributed by atoms with Crippen molar-refractivity contribution in [2.75, 3.05) is 7.11 Å². The molecule has 1 aromatic carbocycles. The third-order valence-corrected chi connectivity index (χ3v) is 2.80. The van der Waals surface area contributed by atoms with E-state index in [1.165, 1.54) is 0 Å². The van der Waals surface area contributed by atoms with Gasteiger partial charge >= 0.3 is 0 Å². The van der Waals surface area contributed by atoms with E-state index in [-0.39, 0.29) is 0 Å². The highest BCUT2D eigenvalue weighted by Crippen LogP contribution is 2.24. The molecule has 16 heavy (non-hydrogen) atoms. The Morgan fingerprint density at radius 3 is 2.88 bits per heavy atom. The molecule has 0 atom stereocenters. The predicted molar refractivity (Wildman–Crippen MR) is 67.1 cm³/mol. The van der Waals surface area contributed by atoms with Crippen LogP contribution in [0.25, 0.3) is 10.9 Å². The molecule has 0 saturated heterocycles. The summed E-state index contributed by atoms with van der Waals surface area (Å²) in [4.78, 5) is 4.79. The minimum absolute atomic E-state index is 0.727. The number of hydrogen-bond acceptors (Lipinski definition) is 2. The van der Waals surface area contributed by atoms with Crippen LogP contribution in [0.2, 0.25) is 5.02 Å². The van der Waals surface area contributed by atoms with Gasteiger partial charge in [-0.05, 0) is 25.1 Å². The lowest BCUT2D eigenvalue weighted by Gasteiger charge is -1.98. The zero-order valence-electron chi connectivity index (χ0n) is 9.49. The molecule has 4 heteroatoms. The largest absolute Gasteiger partial charge is 0.399 e. The maximum absolute atomic E-state index is 6.00. The molecule has 0 bridgehead atoms. The Morgan fingerprint density at radius 2 is 2.19 bits per heavy atom. The summed E-state index contributed by atoms with van der Waals surface area (Å²) in [7, 11) is 3.54. The van der Waals surface area contributed by atoms with Crippen molar-refractivity contribution in [2.24, 2.45) is 12.2 Å². The number of hydrogen-bond donors (Lipinski definition) is 0. The Morgan fingerprint density at radius 1 is 1.44 bits per heavy atom. The van der Waals surface area contributed by atoms with Gasteiger partial charge in [0, 0.05) is 34.7 Å². The number of halogens is 1. The highest BCUT2D eigenvalue weighted by molar-refractivity contribution is 6.31. The van der Waals surface area contributed by atoms with Crippen molar-refractivity contribution < 1.29 is 4.84 Å². The van der Waals surface area contributed by atoms with Crippen LogP contribution in [0, 0.1) is 0 Å². The number of nitrogens with zero attached hydrogens (tertiary/aromatic N) is 2. The Balaban J connectivity index is 2.70. The average Bonchev–Trinajstić information content (AvgIpc) is 2.56. The lowest BCUT2D eigenvalue weighted by Crippen LogP contribution is -1.93. The van der Waals surface area contributed by atoms with Gasteiger partial charge in [0.25, 0.3) is 0 Å². The van der Waals surface area contributed by atoms with Crippen LogP contribution < -0.4 is 0 Å². The van der Waals surface area contributed by atoms with Gasteiger partial charge in [-0.15, -0.1) is 0 Å². The van der Waals surface area contributed by atoms with Crippen molar-refractivity contribution in [1.82, 2.24) is 4.57 Å². The number of fused-ring (bicyclic) bond motifs is 1. The molecule has 0 fully saturated rings. The molecule has 84 valence electrons. The molecule has 0 saturated carbocycles.